The summed E-state index contributed by atoms with van der Waals surface area (Å²) in [5.41, 5.74) is 4.42. The van der Waals surface area contributed by atoms with Gasteiger partial charge in [0, 0.05) is 6.61 Å². The lowest BCUT2D eigenvalue weighted by Crippen LogP contribution is -2.45. The third-order valence-corrected chi connectivity index (χ3v) is 2.21. The number of para-hydroxylation sites is 2. The fourth-order valence-electron chi connectivity index (χ4n) is 1.29. The van der Waals surface area contributed by atoms with Gasteiger partial charge in [-0.1, -0.05) is 12.1 Å². The molecule has 0 saturated carbocycles. The van der Waals surface area contributed by atoms with Gasteiger partial charge in [-0.3, -0.25) is 20.4 Å². The van der Waals surface area contributed by atoms with Crippen LogP contribution in [0.2, 0.25) is 0 Å². The molecule has 0 spiro atoms. The minimum Gasteiger partial charge on any atom is -0.493 e. The summed E-state index contributed by atoms with van der Waals surface area (Å²) in [6, 6.07) is 6.95. The Kier molecular flexibility index (Phi) is 6.91. The highest BCUT2D eigenvalue weighted by atomic mass is 16.5. The van der Waals surface area contributed by atoms with Gasteiger partial charge in [0.15, 0.2) is 18.1 Å². The average molecular weight is 282 g/mol. The summed E-state index contributed by atoms with van der Waals surface area (Å²) in [7, 11) is 1.51. The van der Waals surface area contributed by atoms with Gasteiger partial charge in [-0.05, 0) is 19.1 Å². The van der Waals surface area contributed by atoms with Gasteiger partial charge < -0.3 is 14.2 Å². The molecule has 0 heterocycles. The zero-order valence-corrected chi connectivity index (χ0v) is 11.5. The zero-order chi connectivity index (χ0) is 14.8. The Labute approximate surface area is 117 Å². The van der Waals surface area contributed by atoms with Crippen LogP contribution >= 0.6 is 0 Å². The van der Waals surface area contributed by atoms with Crippen molar-refractivity contribution in [2.75, 3.05) is 26.9 Å². The van der Waals surface area contributed by atoms with Crippen molar-refractivity contribution < 1.29 is 23.8 Å². The van der Waals surface area contributed by atoms with Crippen LogP contribution in [0.3, 0.4) is 0 Å². The van der Waals surface area contributed by atoms with Gasteiger partial charge in [-0.25, -0.2) is 0 Å². The average Bonchev–Trinajstić information content (AvgIpc) is 2.48. The number of hydrazine groups is 1. The minimum atomic E-state index is -0.485. The van der Waals surface area contributed by atoms with Gasteiger partial charge in [0.1, 0.15) is 6.61 Å². The van der Waals surface area contributed by atoms with Gasteiger partial charge in [0.05, 0.1) is 7.11 Å². The molecule has 20 heavy (non-hydrogen) atoms. The molecule has 0 aromatic heterocycles. The quantitative estimate of drug-likeness (QED) is 0.701. The number of amides is 2. The predicted molar refractivity (Wildman–Crippen MR) is 71.3 cm³/mol. The fraction of sp³-hybridized carbons (Fsp3) is 0.385. The number of methoxy groups -OCH3 is 1. The highest BCUT2D eigenvalue weighted by molar-refractivity contribution is 5.83. The van der Waals surface area contributed by atoms with E-state index in [1.54, 1.807) is 31.2 Å². The summed E-state index contributed by atoms with van der Waals surface area (Å²) in [5.74, 6) is 0.0599. The summed E-state index contributed by atoms with van der Waals surface area (Å²) in [4.78, 5) is 22.6. The smallest absolute Gasteiger partial charge is 0.276 e. The number of carbonyl (C=O) groups excluding carboxylic acids is 2. The summed E-state index contributed by atoms with van der Waals surface area (Å²) in [6.45, 7) is 1.85. The van der Waals surface area contributed by atoms with Crippen LogP contribution in [0.1, 0.15) is 6.92 Å². The van der Waals surface area contributed by atoms with E-state index in [-0.39, 0.29) is 13.2 Å². The Morgan fingerprint density at radius 2 is 1.65 bits per heavy atom. The molecule has 110 valence electrons. The number of rotatable bonds is 7. The summed E-state index contributed by atoms with van der Waals surface area (Å²) >= 11 is 0. The normalized spacial score (nSPS) is 9.70. The Hall–Kier alpha value is -2.28. The fourth-order valence-corrected chi connectivity index (χ4v) is 1.29. The molecule has 0 atom stereocenters. The van der Waals surface area contributed by atoms with Crippen LogP contribution in [0.15, 0.2) is 24.3 Å². The Balaban J connectivity index is 2.31. The molecule has 0 saturated heterocycles. The summed E-state index contributed by atoms with van der Waals surface area (Å²) in [5, 5.41) is 0. The Bertz CT molecular complexity index is 450. The van der Waals surface area contributed by atoms with E-state index in [2.05, 4.69) is 10.9 Å². The highest BCUT2D eigenvalue weighted by Crippen LogP contribution is 2.25. The van der Waals surface area contributed by atoms with E-state index in [0.29, 0.717) is 18.1 Å². The molecule has 7 heteroatoms. The first-order valence-electron chi connectivity index (χ1n) is 6.08. The van der Waals surface area contributed by atoms with Crippen molar-refractivity contribution in [1.29, 1.82) is 0 Å². The molecule has 0 radical (unpaired) electrons. The second kappa shape index (κ2) is 8.76. The number of hydrogen-bond acceptors (Lipinski definition) is 5. The number of carbonyl (C=O) groups is 2. The first-order valence-corrected chi connectivity index (χ1v) is 6.08. The van der Waals surface area contributed by atoms with Gasteiger partial charge in [-0.15, -0.1) is 0 Å². The second-order valence-electron chi connectivity index (χ2n) is 3.67. The number of nitrogens with one attached hydrogen (secondary N) is 2. The third kappa shape index (κ3) is 5.57. The number of hydrogen-bond donors (Lipinski definition) is 2. The van der Waals surface area contributed by atoms with Crippen LogP contribution in [0, 0.1) is 0 Å². The molecule has 1 aromatic carbocycles. The van der Waals surface area contributed by atoms with E-state index in [9.17, 15) is 9.59 Å². The molecule has 7 nitrogen and oxygen atoms in total. The van der Waals surface area contributed by atoms with Crippen LogP contribution in [-0.4, -0.2) is 38.7 Å². The standard InChI is InChI=1S/C13H18N2O5/c1-3-19-8-12(16)14-15-13(17)9-20-11-7-5-4-6-10(11)18-2/h4-7H,3,8-9H2,1-2H3,(H,14,16)(H,15,17). The van der Waals surface area contributed by atoms with Crippen LogP contribution in [-0.2, 0) is 14.3 Å². The maximum atomic E-state index is 11.5. The van der Waals surface area contributed by atoms with E-state index in [0.717, 1.165) is 0 Å². The lowest BCUT2D eigenvalue weighted by molar-refractivity contribution is -0.132. The Morgan fingerprint density at radius 1 is 1.05 bits per heavy atom. The van der Waals surface area contributed by atoms with E-state index in [1.165, 1.54) is 7.11 Å². The molecule has 0 bridgehead atoms. The molecule has 1 rings (SSSR count). The number of benzene rings is 1. The van der Waals surface area contributed by atoms with E-state index >= 15 is 0 Å². The highest BCUT2D eigenvalue weighted by Gasteiger charge is 2.07. The monoisotopic (exact) mass is 282 g/mol. The van der Waals surface area contributed by atoms with E-state index < -0.39 is 11.8 Å². The van der Waals surface area contributed by atoms with Crippen LogP contribution in [0.4, 0.5) is 0 Å². The Morgan fingerprint density at radius 3 is 2.25 bits per heavy atom. The van der Waals surface area contributed by atoms with Gasteiger partial charge >= 0.3 is 0 Å². The van der Waals surface area contributed by atoms with Crippen molar-refractivity contribution in [3.63, 3.8) is 0 Å². The van der Waals surface area contributed by atoms with Crippen molar-refractivity contribution in [1.82, 2.24) is 10.9 Å². The lowest BCUT2D eigenvalue weighted by atomic mass is 10.3. The van der Waals surface area contributed by atoms with Crippen LogP contribution in [0.25, 0.3) is 0 Å². The maximum absolute atomic E-state index is 11.5. The predicted octanol–water partition coefficient (Wildman–Crippen LogP) is 0.258. The van der Waals surface area contributed by atoms with Crippen molar-refractivity contribution in [2.45, 2.75) is 6.92 Å². The van der Waals surface area contributed by atoms with Crippen molar-refractivity contribution >= 4 is 11.8 Å². The molecule has 0 unspecified atom stereocenters. The van der Waals surface area contributed by atoms with E-state index in [1.807, 2.05) is 0 Å². The first kappa shape index (κ1) is 15.8. The third-order valence-electron chi connectivity index (χ3n) is 2.21. The van der Waals surface area contributed by atoms with Crippen molar-refractivity contribution in [3.05, 3.63) is 24.3 Å². The maximum Gasteiger partial charge on any atom is 0.276 e. The molecule has 0 aliphatic heterocycles. The molecule has 2 N–H and O–H groups in total. The second-order valence-corrected chi connectivity index (χ2v) is 3.67. The van der Waals surface area contributed by atoms with Crippen molar-refractivity contribution in [2.24, 2.45) is 0 Å². The molecule has 0 aliphatic rings. The van der Waals surface area contributed by atoms with Crippen LogP contribution < -0.4 is 20.3 Å². The topological polar surface area (TPSA) is 85.9 Å². The zero-order valence-electron chi connectivity index (χ0n) is 11.5. The summed E-state index contributed by atoms with van der Waals surface area (Å²) < 4.78 is 15.2. The SMILES string of the molecule is CCOCC(=O)NNC(=O)COc1ccccc1OC. The van der Waals surface area contributed by atoms with Gasteiger partial charge in [0.25, 0.3) is 11.8 Å². The molecular formula is C13H18N2O5. The minimum absolute atomic E-state index is 0.107. The lowest BCUT2D eigenvalue weighted by Gasteiger charge is -2.11. The van der Waals surface area contributed by atoms with Crippen molar-refractivity contribution in [3.8, 4) is 11.5 Å². The van der Waals surface area contributed by atoms with Crippen LogP contribution in [0.5, 0.6) is 11.5 Å². The number of ether oxygens (including phenoxy) is 3. The molecule has 0 fully saturated rings. The van der Waals surface area contributed by atoms with Gasteiger partial charge in [0.2, 0.25) is 0 Å². The molecule has 0 aliphatic carbocycles. The van der Waals surface area contributed by atoms with E-state index in [4.69, 9.17) is 14.2 Å². The molecule has 2 amide bonds. The largest absolute Gasteiger partial charge is 0.493 e. The van der Waals surface area contributed by atoms with Gasteiger partial charge in [-0.2, -0.15) is 0 Å². The first-order chi connectivity index (χ1) is 9.67. The molecule has 1 aromatic rings. The molecular weight excluding hydrogens is 264 g/mol. The summed E-state index contributed by atoms with van der Waals surface area (Å²) in [6.07, 6.45) is 0.